The van der Waals surface area contributed by atoms with Gasteiger partial charge in [0.25, 0.3) is 5.91 Å². The number of anilines is 1. The minimum Gasteiger partial charge on any atom is -0.321 e. The van der Waals surface area contributed by atoms with Crippen molar-refractivity contribution in [2.24, 2.45) is 0 Å². The third kappa shape index (κ3) is 3.37. The summed E-state index contributed by atoms with van der Waals surface area (Å²) < 4.78 is 3.31. The topological polar surface area (TPSA) is 90.5 Å². The molecular formula is C19H16ClN7O. The number of benzene rings is 2. The van der Waals surface area contributed by atoms with E-state index in [1.807, 2.05) is 31.2 Å². The van der Waals surface area contributed by atoms with E-state index in [1.165, 1.54) is 0 Å². The van der Waals surface area contributed by atoms with Gasteiger partial charge in [0, 0.05) is 10.7 Å². The molecule has 0 saturated carbocycles. The molecule has 9 heteroatoms. The maximum absolute atomic E-state index is 12.6. The standard InChI is InChI=1S/C19H16ClN7O/c1-12-11-21-24-26(12)16-9-5-15(6-10-16)22-19(28)18-13(2)27(25-23-18)17-7-3-14(20)4-8-17/h3-11H,1-2H3,(H,22,28). The number of carbonyl (C=O) groups excluding carboxylic acids is 1. The van der Waals surface area contributed by atoms with Crippen molar-refractivity contribution in [1.82, 2.24) is 30.0 Å². The van der Waals surface area contributed by atoms with Crippen molar-refractivity contribution < 1.29 is 4.79 Å². The summed E-state index contributed by atoms with van der Waals surface area (Å²) in [7, 11) is 0. The van der Waals surface area contributed by atoms with Crippen LogP contribution in [0.1, 0.15) is 21.9 Å². The van der Waals surface area contributed by atoms with Crippen LogP contribution in [0.5, 0.6) is 0 Å². The van der Waals surface area contributed by atoms with Gasteiger partial charge in [0.05, 0.1) is 29.0 Å². The molecule has 0 atom stereocenters. The molecule has 0 aliphatic carbocycles. The first-order valence-corrected chi connectivity index (χ1v) is 8.88. The van der Waals surface area contributed by atoms with Crippen LogP contribution in [0.4, 0.5) is 5.69 Å². The lowest BCUT2D eigenvalue weighted by atomic mass is 10.2. The zero-order chi connectivity index (χ0) is 19.7. The van der Waals surface area contributed by atoms with E-state index in [1.54, 1.807) is 46.7 Å². The molecule has 1 N–H and O–H groups in total. The van der Waals surface area contributed by atoms with Crippen LogP contribution in [-0.4, -0.2) is 35.9 Å². The van der Waals surface area contributed by atoms with Crippen LogP contribution < -0.4 is 5.32 Å². The minimum absolute atomic E-state index is 0.256. The number of hydrogen-bond acceptors (Lipinski definition) is 5. The number of rotatable bonds is 4. The number of nitrogens with zero attached hydrogens (tertiary/aromatic N) is 6. The fourth-order valence-corrected chi connectivity index (χ4v) is 2.91. The van der Waals surface area contributed by atoms with Gasteiger partial charge in [-0.25, -0.2) is 9.36 Å². The number of hydrogen-bond donors (Lipinski definition) is 1. The average Bonchev–Trinajstić information content (AvgIpc) is 3.29. The summed E-state index contributed by atoms with van der Waals surface area (Å²) in [5, 5.41) is 19.5. The van der Waals surface area contributed by atoms with Crippen molar-refractivity contribution in [2.75, 3.05) is 5.32 Å². The Morgan fingerprint density at radius 2 is 1.57 bits per heavy atom. The molecule has 4 rings (SSSR count). The third-order valence-electron chi connectivity index (χ3n) is 4.27. The number of halogens is 1. The van der Waals surface area contributed by atoms with Gasteiger partial charge in [-0.3, -0.25) is 4.79 Å². The molecule has 8 nitrogen and oxygen atoms in total. The van der Waals surface area contributed by atoms with E-state index in [2.05, 4.69) is 25.9 Å². The number of aryl methyl sites for hydroxylation is 1. The molecule has 0 bridgehead atoms. The second-order valence-electron chi connectivity index (χ2n) is 6.20. The van der Waals surface area contributed by atoms with Crippen molar-refractivity contribution in [3.05, 3.63) is 76.8 Å². The van der Waals surface area contributed by atoms with Crippen LogP contribution in [0.25, 0.3) is 11.4 Å². The average molecular weight is 394 g/mol. The van der Waals surface area contributed by atoms with Crippen molar-refractivity contribution in [1.29, 1.82) is 0 Å². The number of carbonyl (C=O) groups is 1. The Kier molecular flexibility index (Phi) is 4.62. The molecular weight excluding hydrogens is 378 g/mol. The lowest BCUT2D eigenvalue weighted by molar-refractivity contribution is 0.102. The highest BCUT2D eigenvalue weighted by Crippen LogP contribution is 2.18. The van der Waals surface area contributed by atoms with E-state index in [-0.39, 0.29) is 11.6 Å². The van der Waals surface area contributed by atoms with Crippen LogP contribution in [-0.2, 0) is 0 Å². The lowest BCUT2D eigenvalue weighted by Gasteiger charge is -2.07. The monoisotopic (exact) mass is 393 g/mol. The second kappa shape index (κ2) is 7.24. The third-order valence-corrected chi connectivity index (χ3v) is 4.52. The summed E-state index contributed by atoms with van der Waals surface area (Å²) in [6.45, 7) is 3.71. The van der Waals surface area contributed by atoms with Crippen LogP contribution in [0, 0.1) is 13.8 Å². The Morgan fingerprint density at radius 1 is 0.929 bits per heavy atom. The summed E-state index contributed by atoms with van der Waals surface area (Å²) in [6.07, 6.45) is 1.68. The molecule has 2 aromatic carbocycles. The van der Waals surface area contributed by atoms with E-state index in [0.717, 1.165) is 17.1 Å². The van der Waals surface area contributed by atoms with Gasteiger partial charge in [0.2, 0.25) is 0 Å². The summed E-state index contributed by atoms with van der Waals surface area (Å²) in [5.74, 6) is -0.331. The first kappa shape index (κ1) is 17.9. The summed E-state index contributed by atoms with van der Waals surface area (Å²) in [4.78, 5) is 12.6. The van der Waals surface area contributed by atoms with Crippen molar-refractivity contribution in [3.8, 4) is 11.4 Å². The highest BCUT2D eigenvalue weighted by atomic mass is 35.5. The van der Waals surface area contributed by atoms with Gasteiger partial charge >= 0.3 is 0 Å². The van der Waals surface area contributed by atoms with Crippen molar-refractivity contribution in [2.45, 2.75) is 13.8 Å². The zero-order valence-electron chi connectivity index (χ0n) is 15.2. The van der Waals surface area contributed by atoms with Crippen LogP contribution in [0.3, 0.4) is 0 Å². The SMILES string of the molecule is Cc1cnnn1-c1ccc(NC(=O)c2nnn(-c3ccc(Cl)cc3)c2C)cc1. The predicted octanol–water partition coefficient (Wildman–Crippen LogP) is 3.37. The van der Waals surface area contributed by atoms with Gasteiger partial charge in [-0.2, -0.15) is 0 Å². The molecule has 0 aliphatic rings. The maximum Gasteiger partial charge on any atom is 0.278 e. The number of nitrogens with one attached hydrogen (secondary N) is 1. The van der Waals surface area contributed by atoms with Gasteiger partial charge in [-0.1, -0.05) is 22.0 Å². The Labute approximate surface area is 165 Å². The molecule has 1 amide bonds. The summed E-state index contributed by atoms with van der Waals surface area (Å²) >= 11 is 5.92. The Hall–Kier alpha value is -3.52. The predicted molar refractivity (Wildman–Crippen MR) is 105 cm³/mol. The van der Waals surface area contributed by atoms with Crippen LogP contribution >= 0.6 is 11.6 Å². The van der Waals surface area contributed by atoms with Crippen LogP contribution in [0.2, 0.25) is 5.02 Å². The molecule has 2 aromatic heterocycles. The lowest BCUT2D eigenvalue weighted by Crippen LogP contribution is -2.14. The highest BCUT2D eigenvalue weighted by Gasteiger charge is 2.17. The first-order valence-electron chi connectivity index (χ1n) is 8.50. The highest BCUT2D eigenvalue weighted by molar-refractivity contribution is 6.30. The smallest absolute Gasteiger partial charge is 0.278 e. The van der Waals surface area contributed by atoms with Crippen molar-refractivity contribution >= 4 is 23.2 Å². The molecule has 4 aromatic rings. The maximum atomic E-state index is 12.6. The van der Waals surface area contributed by atoms with Crippen LogP contribution in [0.15, 0.2) is 54.7 Å². The fraction of sp³-hybridized carbons (Fsp3) is 0.105. The molecule has 0 radical (unpaired) electrons. The van der Waals surface area contributed by atoms with Gasteiger partial charge < -0.3 is 5.32 Å². The van der Waals surface area contributed by atoms with E-state index in [0.29, 0.717) is 16.4 Å². The van der Waals surface area contributed by atoms with Gasteiger partial charge in [-0.05, 0) is 62.4 Å². The Balaban J connectivity index is 1.53. The normalized spacial score (nSPS) is 10.8. The largest absolute Gasteiger partial charge is 0.321 e. The second-order valence-corrected chi connectivity index (χ2v) is 6.64. The van der Waals surface area contributed by atoms with E-state index in [4.69, 9.17) is 11.6 Å². The van der Waals surface area contributed by atoms with E-state index < -0.39 is 0 Å². The Bertz CT molecular complexity index is 1130. The quantitative estimate of drug-likeness (QED) is 0.574. The summed E-state index contributed by atoms with van der Waals surface area (Å²) in [5.41, 5.74) is 4.10. The van der Waals surface area contributed by atoms with Crippen molar-refractivity contribution in [3.63, 3.8) is 0 Å². The molecule has 140 valence electrons. The number of aromatic nitrogens is 6. The van der Waals surface area contributed by atoms with E-state index in [9.17, 15) is 4.79 Å². The first-order chi connectivity index (χ1) is 13.5. The zero-order valence-corrected chi connectivity index (χ0v) is 15.9. The van der Waals surface area contributed by atoms with E-state index >= 15 is 0 Å². The fourth-order valence-electron chi connectivity index (χ4n) is 2.78. The Morgan fingerprint density at radius 3 is 2.21 bits per heavy atom. The molecule has 28 heavy (non-hydrogen) atoms. The molecule has 0 spiro atoms. The minimum atomic E-state index is -0.331. The molecule has 0 aliphatic heterocycles. The molecule has 0 saturated heterocycles. The van der Waals surface area contributed by atoms with Gasteiger partial charge in [-0.15, -0.1) is 10.2 Å². The number of amides is 1. The van der Waals surface area contributed by atoms with Gasteiger partial charge in [0.15, 0.2) is 5.69 Å². The molecule has 0 unspecified atom stereocenters. The molecule has 0 fully saturated rings. The summed E-state index contributed by atoms with van der Waals surface area (Å²) in [6, 6.07) is 14.5. The molecule has 2 heterocycles. The van der Waals surface area contributed by atoms with Gasteiger partial charge in [0.1, 0.15) is 0 Å².